The lowest BCUT2D eigenvalue weighted by Gasteiger charge is -2.06. The van der Waals surface area contributed by atoms with Gasteiger partial charge >= 0.3 is 0 Å². The van der Waals surface area contributed by atoms with Crippen molar-refractivity contribution < 1.29 is 9.53 Å². The Hall–Kier alpha value is -2.01. The summed E-state index contributed by atoms with van der Waals surface area (Å²) in [5.74, 6) is 0.924. The molecular weight excluding hydrogens is 254 g/mol. The largest absolute Gasteiger partial charge is 0.484 e. The molecule has 0 aliphatic carbocycles. The number of nitrogens with zero attached hydrogens (tertiary/aromatic N) is 1. The first-order valence-electron chi connectivity index (χ1n) is 5.33. The molecule has 0 fully saturated rings. The molecule has 2 rings (SSSR count). The van der Waals surface area contributed by atoms with Gasteiger partial charge in [0.2, 0.25) is 0 Å². The maximum Gasteiger partial charge on any atom is 0.263 e. The summed E-state index contributed by atoms with van der Waals surface area (Å²) in [5, 5.41) is 9.78. The number of aryl methyl sites for hydroxylation is 1. The van der Waals surface area contributed by atoms with E-state index in [-0.39, 0.29) is 12.5 Å². The molecule has 0 bridgehead atoms. The van der Waals surface area contributed by atoms with Crippen LogP contribution in [-0.2, 0) is 4.79 Å². The van der Waals surface area contributed by atoms with Crippen molar-refractivity contribution in [3.8, 4) is 5.75 Å². The molecule has 5 nitrogen and oxygen atoms in total. The summed E-state index contributed by atoms with van der Waals surface area (Å²) in [4.78, 5) is 11.6. The highest BCUT2D eigenvalue weighted by molar-refractivity contribution is 6.30. The number of hydrogen-bond acceptors (Lipinski definition) is 3. The number of ether oxygens (including phenoxy) is 1. The Bertz CT molecular complexity index is 537. The minimum absolute atomic E-state index is 0.0694. The zero-order chi connectivity index (χ0) is 13.0. The fourth-order valence-electron chi connectivity index (χ4n) is 1.33. The van der Waals surface area contributed by atoms with E-state index in [4.69, 9.17) is 16.3 Å². The zero-order valence-electron chi connectivity index (χ0n) is 9.74. The summed E-state index contributed by atoms with van der Waals surface area (Å²) in [6, 6.07) is 6.82. The fraction of sp³-hybridized carbons (Fsp3) is 0.167. The van der Waals surface area contributed by atoms with Crippen LogP contribution in [-0.4, -0.2) is 22.7 Å². The Morgan fingerprint density at radius 1 is 1.44 bits per heavy atom. The van der Waals surface area contributed by atoms with E-state index in [1.54, 1.807) is 30.5 Å². The molecule has 18 heavy (non-hydrogen) atoms. The van der Waals surface area contributed by atoms with Crippen LogP contribution in [0.4, 0.5) is 5.82 Å². The third-order valence-electron chi connectivity index (χ3n) is 2.28. The first-order chi connectivity index (χ1) is 8.65. The molecule has 1 heterocycles. The van der Waals surface area contributed by atoms with Gasteiger partial charge in [0.05, 0.1) is 6.20 Å². The van der Waals surface area contributed by atoms with E-state index in [2.05, 4.69) is 15.5 Å². The molecule has 0 saturated heterocycles. The van der Waals surface area contributed by atoms with Crippen LogP contribution in [0.25, 0.3) is 0 Å². The van der Waals surface area contributed by atoms with Crippen LogP contribution < -0.4 is 10.1 Å². The second kappa shape index (κ2) is 5.55. The third-order valence-corrected chi connectivity index (χ3v) is 2.53. The molecule has 1 aromatic heterocycles. The first-order valence-corrected chi connectivity index (χ1v) is 5.71. The van der Waals surface area contributed by atoms with Gasteiger partial charge in [0, 0.05) is 10.6 Å². The average Bonchev–Trinajstić information content (AvgIpc) is 2.74. The van der Waals surface area contributed by atoms with Crippen molar-refractivity contribution in [3.63, 3.8) is 0 Å². The number of carbonyl (C=O) groups is 1. The van der Waals surface area contributed by atoms with Gasteiger partial charge in [-0.25, -0.2) is 0 Å². The fourth-order valence-corrected chi connectivity index (χ4v) is 1.45. The Morgan fingerprint density at radius 3 is 2.78 bits per heavy atom. The van der Waals surface area contributed by atoms with Gasteiger partial charge in [0.25, 0.3) is 5.91 Å². The molecular formula is C12H12ClN3O2. The lowest BCUT2D eigenvalue weighted by Crippen LogP contribution is -2.20. The van der Waals surface area contributed by atoms with Crippen LogP contribution >= 0.6 is 11.6 Å². The van der Waals surface area contributed by atoms with E-state index in [9.17, 15) is 4.79 Å². The average molecular weight is 266 g/mol. The van der Waals surface area contributed by atoms with Gasteiger partial charge in [0.15, 0.2) is 6.61 Å². The van der Waals surface area contributed by atoms with Gasteiger partial charge < -0.3 is 10.1 Å². The second-order valence-electron chi connectivity index (χ2n) is 3.72. The monoisotopic (exact) mass is 265 g/mol. The van der Waals surface area contributed by atoms with Gasteiger partial charge in [0.1, 0.15) is 11.6 Å². The van der Waals surface area contributed by atoms with Gasteiger partial charge in [-0.2, -0.15) is 5.10 Å². The predicted octanol–water partition coefficient (Wildman–Crippen LogP) is 2.39. The van der Waals surface area contributed by atoms with E-state index in [1.807, 2.05) is 6.92 Å². The van der Waals surface area contributed by atoms with Crippen LogP contribution in [0.2, 0.25) is 5.02 Å². The van der Waals surface area contributed by atoms with E-state index in [0.29, 0.717) is 16.6 Å². The van der Waals surface area contributed by atoms with Gasteiger partial charge in [-0.3, -0.25) is 9.89 Å². The number of carbonyl (C=O) groups excluding carboxylic acids is 1. The number of benzene rings is 1. The summed E-state index contributed by atoms with van der Waals surface area (Å²) in [5.41, 5.74) is 0.870. The number of aromatic nitrogens is 2. The van der Waals surface area contributed by atoms with E-state index < -0.39 is 0 Å². The highest BCUT2D eigenvalue weighted by Crippen LogP contribution is 2.15. The summed E-state index contributed by atoms with van der Waals surface area (Å²) < 4.78 is 5.31. The molecule has 0 unspecified atom stereocenters. The normalized spacial score (nSPS) is 10.1. The maximum atomic E-state index is 11.6. The summed E-state index contributed by atoms with van der Waals surface area (Å²) in [6.45, 7) is 1.78. The van der Waals surface area contributed by atoms with Crippen LogP contribution in [0.15, 0.2) is 30.5 Å². The van der Waals surface area contributed by atoms with Crippen molar-refractivity contribution >= 4 is 23.3 Å². The van der Waals surface area contributed by atoms with Crippen LogP contribution in [0, 0.1) is 6.92 Å². The molecule has 94 valence electrons. The Morgan fingerprint density at radius 2 is 2.17 bits per heavy atom. The molecule has 0 aliphatic heterocycles. The highest BCUT2D eigenvalue weighted by atomic mass is 35.5. The highest BCUT2D eigenvalue weighted by Gasteiger charge is 2.06. The maximum absolute atomic E-state index is 11.6. The van der Waals surface area contributed by atoms with Crippen molar-refractivity contribution in [2.75, 3.05) is 11.9 Å². The standard InChI is InChI=1S/C12H12ClN3O2/c1-8-6-14-16-12(8)15-11(17)7-18-10-4-2-9(13)3-5-10/h2-6H,7H2,1H3,(H2,14,15,16,17). The lowest BCUT2D eigenvalue weighted by molar-refractivity contribution is -0.118. The van der Waals surface area contributed by atoms with Crippen molar-refractivity contribution in [3.05, 3.63) is 41.0 Å². The molecule has 2 N–H and O–H groups in total. The number of amides is 1. The second-order valence-corrected chi connectivity index (χ2v) is 4.16. The topological polar surface area (TPSA) is 67.0 Å². The number of halogens is 1. The van der Waals surface area contributed by atoms with Crippen molar-refractivity contribution in [1.82, 2.24) is 10.2 Å². The number of aromatic amines is 1. The number of hydrogen-bond donors (Lipinski definition) is 2. The van der Waals surface area contributed by atoms with E-state index in [0.717, 1.165) is 5.56 Å². The third kappa shape index (κ3) is 3.24. The van der Waals surface area contributed by atoms with E-state index >= 15 is 0 Å². The number of anilines is 1. The molecule has 0 atom stereocenters. The van der Waals surface area contributed by atoms with Crippen LogP contribution in [0.5, 0.6) is 5.75 Å². The molecule has 0 aliphatic rings. The molecule has 0 spiro atoms. The van der Waals surface area contributed by atoms with Gasteiger partial charge in [-0.15, -0.1) is 0 Å². The van der Waals surface area contributed by atoms with Crippen molar-refractivity contribution in [1.29, 1.82) is 0 Å². The molecule has 0 saturated carbocycles. The molecule has 0 radical (unpaired) electrons. The molecule has 1 aromatic carbocycles. The Balaban J connectivity index is 1.85. The van der Waals surface area contributed by atoms with Crippen molar-refractivity contribution in [2.24, 2.45) is 0 Å². The Kier molecular flexibility index (Phi) is 3.84. The number of rotatable bonds is 4. The van der Waals surface area contributed by atoms with Gasteiger partial charge in [-0.05, 0) is 31.2 Å². The number of H-pyrrole nitrogens is 1. The van der Waals surface area contributed by atoms with Crippen LogP contribution in [0.3, 0.4) is 0 Å². The van der Waals surface area contributed by atoms with Crippen molar-refractivity contribution in [2.45, 2.75) is 6.92 Å². The quantitative estimate of drug-likeness (QED) is 0.892. The van der Waals surface area contributed by atoms with Gasteiger partial charge in [-0.1, -0.05) is 11.6 Å². The lowest BCUT2D eigenvalue weighted by atomic mass is 10.3. The Labute approximate surface area is 109 Å². The zero-order valence-corrected chi connectivity index (χ0v) is 10.5. The molecule has 2 aromatic rings. The molecule has 1 amide bonds. The summed E-state index contributed by atoms with van der Waals surface area (Å²) in [6.07, 6.45) is 1.63. The predicted molar refractivity (Wildman–Crippen MR) is 68.9 cm³/mol. The summed E-state index contributed by atoms with van der Waals surface area (Å²) >= 11 is 5.74. The SMILES string of the molecule is Cc1cn[nH]c1NC(=O)COc1ccc(Cl)cc1. The smallest absolute Gasteiger partial charge is 0.263 e. The molecule has 6 heteroatoms. The first kappa shape index (κ1) is 12.4. The van der Waals surface area contributed by atoms with E-state index in [1.165, 1.54) is 0 Å². The minimum Gasteiger partial charge on any atom is -0.484 e. The van der Waals surface area contributed by atoms with Crippen LogP contribution in [0.1, 0.15) is 5.56 Å². The summed E-state index contributed by atoms with van der Waals surface area (Å²) in [7, 11) is 0. The minimum atomic E-state index is -0.252. The number of nitrogens with one attached hydrogen (secondary N) is 2.